The van der Waals surface area contributed by atoms with Crippen molar-refractivity contribution in [1.29, 1.82) is 0 Å². The fourth-order valence-corrected chi connectivity index (χ4v) is 1.87. The first kappa shape index (κ1) is 12.0. The van der Waals surface area contributed by atoms with Crippen molar-refractivity contribution >= 4 is 57.0 Å². The molecule has 0 fully saturated rings. The van der Waals surface area contributed by atoms with Crippen LogP contribution in [0.3, 0.4) is 0 Å². The highest BCUT2D eigenvalue weighted by Gasteiger charge is 2.06. The largest absolute Gasteiger partial charge is 0.450 e. The average Bonchev–Trinajstić information content (AvgIpc) is 2.13. The molecule has 0 saturated heterocycles. The minimum Gasteiger partial charge on any atom is -0.450 e. The van der Waals surface area contributed by atoms with E-state index in [9.17, 15) is 4.79 Å². The van der Waals surface area contributed by atoms with Crippen molar-refractivity contribution in [3.63, 3.8) is 0 Å². The van der Waals surface area contributed by atoms with Crippen LogP contribution in [0.5, 0.6) is 0 Å². The van der Waals surface area contributed by atoms with Gasteiger partial charge < -0.3 is 4.74 Å². The molecule has 0 unspecified atom stereocenters. The minimum absolute atomic E-state index is 0.381. The maximum Gasteiger partial charge on any atom is 0.411 e. The van der Waals surface area contributed by atoms with Gasteiger partial charge >= 0.3 is 6.09 Å². The Kier molecular flexibility index (Phi) is 4.93. The van der Waals surface area contributed by atoms with E-state index in [2.05, 4.69) is 50.5 Å². The Morgan fingerprint density at radius 1 is 1.50 bits per heavy atom. The van der Waals surface area contributed by atoms with Gasteiger partial charge in [0, 0.05) is 3.57 Å². The molecule has 0 radical (unpaired) electrons. The number of hydrogen-bond acceptors (Lipinski definition) is 2. The van der Waals surface area contributed by atoms with Crippen LogP contribution in [0.15, 0.2) is 18.2 Å². The number of nitrogens with one attached hydrogen (secondary N) is 1. The van der Waals surface area contributed by atoms with Gasteiger partial charge in [-0.3, -0.25) is 5.32 Å². The molecular formula is C9H9I2NO2. The van der Waals surface area contributed by atoms with Crippen molar-refractivity contribution in [2.75, 3.05) is 11.9 Å². The lowest BCUT2D eigenvalue weighted by molar-refractivity contribution is 0.168. The van der Waals surface area contributed by atoms with Crippen LogP contribution in [-0.4, -0.2) is 12.7 Å². The molecular weight excluding hydrogens is 408 g/mol. The van der Waals surface area contributed by atoms with Crippen LogP contribution >= 0.6 is 45.2 Å². The van der Waals surface area contributed by atoms with Crippen LogP contribution in [0.1, 0.15) is 6.92 Å². The fourth-order valence-electron chi connectivity index (χ4n) is 0.877. The van der Waals surface area contributed by atoms with Gasteiger partial charge in [0.1, 0.15) is 0 Å². The SMILES string of the molecule is CCOC(=O)Nc1cccc(I)c1I. The Morgan fingerprint density at radius 3 is 2.86 bits per heavy atom. The number of halogens is 2. The van der Waals surface area contributed by atoms with Gasteiger partial charge in [0.2, 0.25) is 0 Å². The molecule has 1 rings (SSSR count). The second kappa shape index (κ2) is 5.74. The fraction of sp³-hybridized carbons (Fsp3) is 0.222. The van der Waals surface area contributed by atoms with Crippen molar-refractivity contribution in [3.05, 3.63) is 25.3 Å². The minimum atomic E-state index is -0.410. The van der Waals surface area contributed by atoms with Crippen LogP contribution in [0.25, 0.3) is 0 Å². The molecule has 0 aliphatic heterocycles. The standard InChI is InChI=1S/C9H9I2NO2/c1-2-14-9(13)12-7-5-3-4-6(10)8(7)11/h3-5H,2H2,1H3,(H,12,13). The lowest BCUT2D eigenvalue weighted by Gasteiger charge is -2.07. The van der Waals surface area contributed by atoms with E-state index in [1.54, 1.807) is 6.92 Å². The second-order valence-corrected chi connectivity index (χ2v) is 4.69. The third kappa shape index (κ3) is 3.26. The lowest BCUT2D eigenvalue weighted by atomic mass is 10.3. The molecule has 0 bridgehead atoms. The third-order valence-electron chi connectivity index (χ3n) is 1.46. The van der Waals surface area contributed by atoms with E-state index in [4.69, 9.17) is 4.74 Å². The van der Waals surface area contributed by atoms with E-state index in [-0.39, 0.29) is 0 Å². The number of carbonyl (C=O) groups is 1. The molecule has 0 spiro atoms. The normalized spacial score (nSPS) is 9.64. The number of amides is 1. The summed E-state index contributed by atoms with van der Waals surface area (Å²) >= 11 is 4.41. The molecule has 76 valence electrons. The van der Waals surface area contributed by atoms with Gasteiger partial charge in [0.05, 0.1) is 15.9 Å². The van der Waals surface area contributed by atoms with E-state index in [1.807, 2.05) is 18.2 Å². The number of rotatable bonds is 2. The topological polar surface area (TPSA) is 38.3 Å². The zero-order valence-corrected chi connectivity index (χ0v) is 11.8. The van der Waals surface area contributed by atoms with Gasteiger partial charge in [0.25, 0.3) is 0 Å². The molecule has 0 saturated carbocycles. The summed E-state index contributed by atoms with van der Waals surface area (Å²) in [6.07, 6.45) is -0.410. The zero-order valence-electron chi connectivity index (χ0n) is 7.51. The summed E-state index contributed by atoms with van der Waals surface area (Å²) in [6, 6.07) is 5.73. The van der Waals surface area contributed by atoms with Crippen LogP contribution in [0.4, 0.5) is 10.5 Å². The van der Waals surface area contributed by atoms with Crippen molar-refractivity contribution in [1.82, 2.24) is 0 Å². The van der Waals surface area contributed by atoms with Crippen molar-refractivity contribution in [2.24, 2.45) is 0 Å². The summed E-state index contributed by atoms with van der Waals surface area (Å²) in [6.45, 7) is 2.16. The number of benzene rings is 1. The van der Waals surface area contributed by atoms with E-state index in [1.165, 1.54) is 0 Å². The maximum absolute atomic E-state index is 11.1. The molecule has 0 aliphatic rings. The van der Waals surface area contributed by atoms with E-state index in [0.717, 1.165) is 12.8 Å². The molecule has 0 aromatic heterocycles. The summed E-state index contributed by atoms with van der Waals surface area (Å²) in [5, 5.41) is 2.68. The molecule has 1 amide bonds. The highest BCUT2D eigenvalue weighted by molar-refractivity contribution is 14.1. The van der Waals surface area contributed by atoms with Crippen LogP contribution in [0.2, 0.25) is 0 Å². The number of carbonyl (C=O) groups excluding carboxylic acids is 1. The molecule has 14 heavy (non-hydrogen) atoms. The zero-order chi connectivity index (χ0) is 10.6. The van der Waals surface area contributed by atoms with Gasteiger partial charge in [-0.05, 0) is 64.2 Å². The summed E-state index contributed by atoms with van der Waals surface area (Å²) in [7, 11) is 0. The predicted octanol–water partition coefficient (Wildman–Crippen LogP) is 3.46. The third-order valence-corrected chi connectivity index (χ3v) is 4.56. The van der Waals surface area contributed by atoms with E-state index in [0.29, 0.717) is 6.61 Å². The first-order valence-corrected chi connectivity index (χ1v) is 6.18. The quantitative estimate of drug-likeness (QED) is 0.750. The van der Waals surface area contributed by atoms with Gasteiger partial charge in [-0.15, -0.1) is 0 Å². The Morgan fingerprint density at radius 2 is 2.21 bits per heavy atom. The number of anilines is 1. The van der Waals surface area contributed by atoms with Crippen molar-refractivity contribution < 1.29 is 9.53 Å². The van der Waals surface area contributed by atoms with Crippen molar-refractivity contribution in [3.8, 4) is 0 Å². The Balaban J connectivity index is 2.76. The molecule has 1 N–H and O–H groups in total. The first-order chi connectivity index (χ1) is 6.65. The Bertz CT molecular complexity index is 342. The van der Waals surface area contributed by atoms with Gasteiger partial charge in [0.15, 0.2) is 0 Å². The molecule has 1 aromatic carbocycles. The highest BCUT2D eigenvalue weighted by atomic mass is 127. The first-order valence-electron chi connectivity index (χ1n) is 4.03. The predicted molar refractivity (Wildman–Crippen MR) is 72.5 cm³/mol. The highest BCUT2D eigenvalue weighted by Crippen LogP contribution is 2.23. The molecule has 0 heterocycles. The molecule has 1 aromatic rings. The summed E-state index contributed by atoms with van der Waals surface area (Å²) in [5.74, 6) is 0. The van der Waals surface area contributed by atoms with E-state index >= 15 is 0 Å². The van der Waals surface area contributed by atoms with Crippen molar-refractivity contribution in [2.45, 2.75) is 6.92 Å². The lowest BCUT2D eigenvalue weighted by Crippen LogP contribution is -2.14. The smallest absolute Gasteiger partial charge is 0.411 e. The second-order valence-electron chi connectivity index (χ2n) is 2.45. The van der Waals surface area contributed by atoms with Crippen LogP contribution < -0.4 is 5.32 Å². The monoisotopic (exact) mass is 417 g/mol. The number of hydrogen-bond donors (Lipinski definition) is 1. The molecule has 3 nitrogen and oxygen atoms in total. The van der Waals surface area contributed by atoms with Gasteiger partial charge in [-0.25, -0.2) is 4.79 Å². The number of ether oxygens (including phenoxy) is 1. The van der Waals surface area contributed by atoms with Gasteiger partial charge in [-0.1, -0.05) is 6.07 Å². The molecule has 0 atom stereocenters. The Labute approximate surface area is 110 Å². The molecule has 5 heteroatoms. The van der Waals surface area contributed by atoms with E-state index < -0.39 is 6.09 Å². The summed E-state index contributed by atoms with van der Waals surface area (Å²) in [4.78, 5) is 11.1. The maximum atomic E-state index is 11.1. The van der Waals surface area contributed by atoms with Gasteiger partial charge in [-0.2, -0.15) is 0 Å². The molecule has 0 aliphatic carbocycles. The average molecular weight is 417 g/mol. The summed E-state index contributed by atoms with van der Waals surface area (Å²) in [5.41, 5.74) is 0.788. The van der Waals surface area contributed by atoms with Crippen LogP contribution in [0, 0.1) is 7.14 Å². The van der Waals surface area contributed by atoms with Crippen LogP contribution in [-0.2, 0) is 4.74 Å². The summed E-state index contributed by atoms with van der Waals surface area (Å²) < 4.78 is 6.92. The Hall–Kier alpha value is -0.0500.